The van der Waals surface area contributed by atoms with Crippen molar-refractivity contribution in [2.24, 2.45) is 5.92 Å². The molecule has 0 N–H and O–H groups in total. The van der Waals surface area contributed by atoms with Gasteiger partial charge in [0.2, 0.25) is 0 Å². The van der Waals surface area contributed by atoms with Gasteiger partial charge >= 0.3 is 0 Å². The van der Waals surface area contributed by atoms with Crippen molar-refractivity contribution in [1.29, 1.82) is 0 Å². The minimum absolute atomic E-state index is 0.583. The summed E-state index contributed by atoms with van der Waals surface area (Å²) in [5, 5.41) is 2.44. The van der Waals surface area contributed by atoms with Crippen LogP contribution >= 0.6 is 27.5 Å². The maximum Gasteiger partial charge on any atom is 0.136 e. The zero-order valence-corrected chi connectivity index (χ0v) is 13.0. The van der Waals surface area contributed by atoms with Crippen LogP contribution in [0.2, 0.25) is 0 Å². The van der Waals surface area contributed by atoms with Crippen LogP contribution in [0.25, 0.3) is 10.8 Å². The molecule has 2 nitrogen and oxygen atoms in total. The van der Waals surface area contributed by atoms with Gasteiger partial charge in [-0.05, 0) is 30.9 Å². The fraction of sp³-hybridized carbons (Fsp3) is 0.400. The minimum Gasteiger partial charge on any atom is -0.356 e. The number of benzene rings is 1. The Balaban J connectivity index is 2.03. The van der Waals surface area contributed by atoms with Crippen molar-refractivity contribution in [3.63, 3.8) is 0 Å². The Labute approximate surface area is 126 Å². The maximum atomic E-state index is 6.02. The van der Waals surface area contributed by atoms with E-state index in [1.54, 1.807) is 0 Å². The Hall–Kier alpha value is -0.800. The second kappa shape index (κ2) is 5.68. The SMILES string of the molecule is ClCC1CCCN(c2nccc3c(Br)cccc23)C1. The average Bonchev–Trinajstić information content (AvgIpc) is 2.47. The average molecular weight is 340 g/mol. The molecule has 1 aliphatic heterocycles. The first-order chi connectivity index (χ1) is 9.29. The lowest BCUT2D eigenvalue weighted by Crippen LogP contribution is -2.36. The van der Waals surface area contributed by atoms with Gasteiger partial charge in [-0.2, -0.15) is 0 Å². The van der Waals surface area contributed by atoms with Crippen LogP contribution in [-0.2, 0) is 0 Å². The van der Waals surface area contributed by atoms with Crippen molar-refractivity contribution in [2.45, 2.75) is 12.8 Å². The van der Waals surface area contributed by atoms with E-state index in [4.69, 9.17) is 11.6 Å². The lowest BCUT2D eigenvalue weighted by atomic mass is 9.99. The highest BCUT2D eigenvalue weighted by Crippen LogP contribution is 2.32. The highest BCUT2D eigenvalue weighted by atomic mass is 79.9. The predicted octanol–water partition coefficient (Wildman–Crippen LogP) is 4.45. The van der Waals surface area contributed by atoms with Gasteiger partial charge in [-0.3, -0.25) is 0 Å². The van der Waals surface area contributed by atoms with Gasteiger partial charge < -0.3 is 4.90 Å². The molecular weight excluding hydrogens is 324 g/mol. The van der Waals surface area contributed by atoms with E-state index in [1.807, 2.05) is 6.20 Å². The van der Waals surface area contributed by atoms with E-state index in [0.29, 0.717) is 5.92 Å². The molecule has 0 saturated carbocycles. The molecule has 2 heterocycles. The molecule has 2 aromatic rings. The van der Waals surface area contributed by atoms with E-state index in [2.05, 4.69) is 50.1 Å². The van der Waals surface area contributed by atoms with E-state index in [1.165, 1.54) is 23.6 Å². The lowest BCUT2D eigenvalue weighted by molar-refractivity contribution is 0.449. The normalized spacial score (nSPS) is 19.9. The first-order valence-corrected chi connectivity index (χ1v) is 7.96. The summed E-state index contributed by atoms with van der Waals surface area (Å²) in [5.74, 6) is 2.42. The van der Waals surface area contributed by atoms with Crippen molar-refractivity contribution in [1.82, 2.24) is 4.98 Å². The van der Waals surface area contributed by atoms with Gasteiger partial charge in [0, 0.05) is 40.4 Å². The molecule has 1 aromatic heterocycles. The smallest absolute Gasteiger partial charge is 0.136 e. The van der Waals surface area contributed by atoms with Crippen molar-refractivity contribution in [3.05, 3.63) is 34.9 Å². The van der Waals surface area contributed by atoms with Crippen LogP contribution in [0.1, 0.15) is 12.8 Å². The number of halogens is 2. The molecule has 0 spiro atoms. The molecule has 1 atom stereocenters. The third-order valence-electron chi connectivity index (χ3n) is 3.77. The van der Waals surface area contributed by atoms with Crippen LogP contribution in [0.4, 0.5) is 5.82 Å². The van der Waals surface area contributed by atoms with E-state index >= 15 is 0 Å². The molecular formula is C15H16BrClN2. The summed E-state index contributed by atoms with van der Waals surface area (Å²) < 4.78 is 1.12. The fourth-order valence-corrected chi connectivity index (χ4v) is 3.54. The first kappa shape index (κ1) is 13.2. The molecule has 1 fully saturated rings. The second-order valence-electron chi connectivity index (χ2n) is 5.08. The van der Waals surface area contributed by atoms with Gasteiger partial charge in [0.05, 0.1) is 0 Å². The quantitative estimate of drug-likeness (QED) is 0.751. The molecule has 4 heteroatoms. The molecule has 1 unspecified atom stereocenters. The van der Waals surface area contributed by atoms with Crippen LogP contribution in [0.3, 0.4) is 0 Å². The number of hydrogen-bond acceptors (Lipinski definition) is 2. The summed E-state index contributed by atoms with van der Waals surface area (Å²) in [6.07, 6.45) is 4.32. The topological polar surface area (TPSA) is 16.1 Å². The highest BCUT2D eigenvalue weighted by molar-refractivity contribution is 9.10. The monoisotopic (exact) mass is 338 g/mol. The first-order valence-electron chi connectivity index (χ1n) is 6.63. The van der Waals surface area contributed by atoms with Crippen LogP contribution < -0.4 is 4.90 Å². The molecule has 1 aromatic carbocycles. The van der Waals surface area contributed by atoms with Gasteiger partial charge in [0.1, 0.15) is 5.82 Å². The van der Waals surface area contributed by atoms with Gasteiger partial charge in [-0.25, -0.2) is 4.98 Å². The molecule has 3 rings (SSSR count). The van der Waals surface area contributed by atoms with Crippen LogP contribution in [0.15, 0.2) is 34.9 Å². The molecule has 0 bridgehead atoms. The highest BCUT2D eigenvalue weighted by Gasteiger charge is 2.21. The van der Waals surface area contributed by atoms with Gasteiger partial charge in [0.15, 0.2) is 0 Å². The standard InChI is InChI=1S/C15H16BrClN2/c16-14-5-1-4-13-12(14)6-7-18-15(13)19-8-2-3-11(9-17)10-19/h1,4-7,11H,2-3,8-10H2. The van der Waals surface area contributed by atoms with Crippen molar-refractivity contribution in [3.8, 4) is 0 Å². The van der Waals surface area contributed by atoms with Gasteiger partial charge in [0.25, 0.3) is 0 Å². The maximum absolute atomic E-state index is 6.02. The Kier molecular flexibility index (Phi) is 3.94. The Bertz CT molecular complexity index is 587. The van der Waals surface area contributed by atoms with Crippen molar-refractivity contribution >= 4 is 44.1 Å². The minimum atomic E-state index is 0.583. The van der Waals surface area contributed by atoms with E-state index < -0.39 is 0 Å². The summed E-state index contributed by atoms with van der Waals surface area (Å²) in [4.78, 5) is 6.98. The molecule has 0 amide bonds. The third kappa shape index (κ3) is 2.59. The zero-order valence-electron chi connectivity index (χ0n) is 10.6. The van der Waals surface area contributed by atoms with E-state index in [-0.39, 0.29) is 0 Å². The number of piperidine rings is 1. The number of hydrogen-bond donors (Lipinski definition) is 0. The van der Waals surface area contributed by atoms with Gasteiger partial charge in [-0.1, -0.05) is 28.1 Å². The number of rotatable bonds is 2. The van der Waals surface area contributed by atoms with Crippen molar-refractivity contribution in [2.75, 3.05) is 23.9 Å². The molecule has 0 aliphatic carbocycles. The lowest BCUT2D eigenvalue weighted by Gasteiger charge is -2.33. The summed E-state index contributed by atoms with van der Waals surface area (Å²) in [6, 6.07) is 8.35. The van der Waals surface area contributed by atoms with Gasteiger partial charge in [-0.15, -0.1) is 11.6 Å². The summed E-state index contributed by atoms with van der Waals surface area (Å²) in [7, 11) is 0. The number of fused-ring (bicyclic) bond motifs is 1. The number of anilines is 1. The fourth-order valence-electron chi connectivity index (χ4n) is 2.79. The second-order valence-corrected chi connectivity index (χ2v) is 6.24. The Morgan fingerprint density at radius 1 is 1.32 bits per heavy atom. The number of nitrogens with zero attached hydrogens (tertiary/aromatic N) is 2. The molecule has 0 radical (unpaired) electrons. The van der Waals surface area contributed by atoms with E-state index in [0.717, 1.165) is 29.3 Å². The summed E-state index contributed by atoms with van der Waals surface area (Å²) >= 11 is 9.64. The largest absolute Gasteiger partial charge is 0.356 e. The predicted molar refractivity (Wildman–Crippen MR) is 85.1 cm³/mol. The third-order valence-corrected chi connectivity index (χ3v) is 4.90. The van der Waals surface area contributed by atoms with Crippen LogP contribution in [0, 0.1) is 5.92 Å². The number of pyridine rings is 1. The Morgan fingerprint density at radius 2 is 2.21 bits per heavy atom. The van der Waals surface area contributed by atoms with Crippen LogP contribution in [-0.4, -0.2) is 24.0 Å². The zero-order chi connectivity index (χ0) is 13.2. The molecule has 1 saturated heterocycles. The number of aromatic nitrogens is 1. The molecule has 19 heavy (non-hydrogen) atoms. The molecule has 1 aliphatic rings. The van der Waals surface area contributed by atoms with Crippen LogP contribution in [0.5, 0.6) is 0 Å². The summed E-state index contributed by atoms with van der Waals surface area (Å²) in [6.45, 7) is 2.09. The van der Waals surface area contributed by atoms with E-state index in [9.17, 15) is 0 Å². The van der Waals surface area contributed by atoms with Crippen molar-refractivity contribution < 1.29 is 0 Å². The molecule has 100 valence electrons. The Morgan fingerprint density at radius 3 is 3.05 bits per heavy atom. The summed E-state index contributed by atoms with van der Waals surface area (Å²) in [5.41, 5.74) is 0. The number of alkyl halides is 1.